The molecule has 0 fully saturated rings. The minimum absolute atomic E-state index is 0. The largest absolute Gasteiger partial charge is 1.00 e. The van der Waals surface area contributed by atoms with Crippen LogP contribution in [-0.2, 0) is 6.54 Å². The Morgan fingerprint density at radius 2 is 1.82 bits per heavy atom. The summed E-state index contributed by atoms with van der Waals surface area (Å²) in [6.45, 7) is 0.702. The van der Waals surface area contributed by atoms with Crippen molar-refractivity contribution in [3.8, 4) is 0 Å². The van der Waals surface area contributed by atoms with Gasteiger partial charge in [-0.3, -0.25) is 0 Å². The zero-order chi connectivity index (χ0) is 14.7. The Kier molecular flexibility index (Phi) is 5.69. The Balaban J connectivity index is 0.00000176. The Morgan fingerprint density at radius 3 is 2.64 bits per heavy atom. The first kappa shape index (κ1) is 16.6. The van der Waals surface area contributed by atoms with Gasteiger partial charge >= 0.3 is 0 Å². The third kappa shape index (κ3) is 3.36. The highest BCUT2D eigenvalue weighted by molar-refractivity contribution is 9.10. The first-order chi connectivity index (χ1) is 10.3. The van der Waals surface area contributed by atoms with Gasteiger partial charge in [-0.15, -0.1) is 0 Å². The first-order valence-corrected chi connectivity index (χ1v) is 7.41. The molecule has 3 nitrogen and oxygen atoms in total. The van der Waals surface area contributed by atoms with Gasteiger partial charge in [-0.2, -0.15) is 4.57 Å². The van der Waals surface area contributed by atoms with E-state index in [1.807, 2.05) is 41.1 Å². The quantitative estimate of drug-likeness (QED) is 0.288. The summed E-state index contributed by atoms with van der Waals surface area (Å²) in [6.07, 6.45) is 3.41. The second-order valence-corrected chi connectivity index (χ2v) is 5.55. The van der Waals surface area contributed by atoms with Gasteiger partial charge < -0.3 is 22.2 Å². The summed E-state index contributed by atoms with van der Waals surface area (Å²) < 4.78 is 3.14. The fourth-order valence-electron chi connectivity index (χ4n) is 2.39. The molecular formula is C17H14Br2N2O. The smallest absolute Gasteiger partial charge is 0.227 e. The normalized spacial score (nSPS) is 10.8. The van der Waals surface area contributed by atoms with E-state index < -0.39 is 0 Å². The van der Waals surface area contributed by atoms with E-state index in [0.717, 1.165) is 10.2 Å². The molecule has 3 rings (SSSR count). The number of nitrogens with zero attached hydrogens (tertiary/aromatic N) is 2. The van der Waals surface area contributed by atoms with Crippen molar-refractivity contribution in [2.75, 3.05) is 0 Å². The Hall–Kier alpha value is -1.72. The molecule has 0 amide bonds. The van der Waals surface area contributed by atoms with E-state index in [1.165, 1.54) is 22.6 Å². The molecule has 1 N–H and O–H groups in total. The molecule has 5 heteroatoms. The summed E-state index contributed by atoms with van der Waals surface area (Å²) in [4.78, 5) is 0. The molecule has 0 aliphatic carbocycles. The van der Waals surface area contributed by atoms with Gasteiger partial charge in [0.25, 0.3) is 0 Å². The minimum atomic E-state index is 0. The molecule has 2 aromatic carbocycles. The lowest BCUT2D eigenvalue weighted by molar-refractivity contribution is -0.689. The molecule has 112 valence electrons. The van der Waals surface area contributed by atoms with E-state index in [1.54, 1.807) is 0 Å². The molecule has 0 spiro atoms. The highest BCUT2D eigenvalue weighted by Crippen LogP contribution is 2.27. The van der Waals surface area contributed by atoms with E-state index in [2.05, 4.69) is 45.4 Å². The minimum Gasteiger partial charge on any atom is -1.00 e. The topological polar surface area (TPSA) is 36.5 Å². The predicted octanol–water partition coefficient (Wildman–Crippen LogP) is 0.750. The monoisotopic (exact) mass is 420 g/mol. The van der Waals surface area contributed by atoms with Crippen LogP contribution in [0.5, 0.6) is 0 Å². The maximum absolute atomic E-state index is 8.75. The zero-order valence-electron chi connectivity index (χ0n) is 11.7. The summed E-state index contributed by atoms with van der Waals surface area (Å²) in [7, 11) is 0. The van der Waals surface area contributed by atoms with Gasteiger partial charge in [-0.1, -0.05) is 41.6 Å². The molecule has 0 bridgehead atoms. The molecule has 22 heavy (non-hydrogen) atoms. The molecule has 0 aliphatic heterocycles. The number of benzene rings is 2. The summed E-state index contributed by atoms with van der Waals surface area (Å²) >= 11 is 3.71. The van der Waals surface area contributed by atoms with Crippen molar-refractivity contribution in [2.45, 2.75) is 6.54 Å². The summed E-state index contributed by atoms with van der Waals surface area (Å²) in [5.41, 5.74) is 2.03. The first-order valence-electron chi connectivity index (χ1n) is 6.61. The van der Waals surface area contributed by atoms with Gasteiger partial charge in [-0.05, 0) is 32.8 Å². The van der Waals surface area contributed by atoms with Crippen molar-refractivity contribution in [1.82, 2.24) is 0 Å². The molecule has 0 unspecified atom stereocenters. The highest BCUT2D eigenvalue weighted by atomic mass is 79.9. The Bertz CT molecular complexity index is 819. The number of aromatic nitrogens is 1. The van der Waals surface area contributed by atoms with Crippen molar-refractivity contribution in [2.24, 2.45) is 5.16 Å². The molecule has 0 atom stereocenters. The maximum atomic E-state index is 8.75. The van der Waals surface area contributed by atoms with Gasteiger partial charge in [-0.25, -0.2) is 0 Å². The van der Waals surface area contributed by atoms with Crippen LogP contribution in [0.4, 0.5) is 0 Å². The molecule has 0 radical (unpaired) electrons. The SMILES string of the molecule is O/N=C\c1cccc[n+]1Cc1ccc2ccccc2c1Br.[Br-]. The van der Waals surface area contributed by atoms with Crippen molar-refractivity contribution < 1.29 is 26.8 Å². The molecular weight excluding hydrogens is 408 g/mol. The lowest BCUT2D eigenvalue weighted by Crippen LogP contribution is -3.00. The van der Waals surface area contributed by atoms with Crippen LogP contribution in [0.2, 0.25) is 0 Å². The van der Waals surface area contributed by atoms with Crippen LogP contribution in [-0.4, -0.2) is 11.4 Å². The van der Waals surface area contributed by atoms with Crippen LogP contribution < -0.4 is 21.5 Å². The fourth-order valence-corrected chi connectivity index (χ4v) is 3.01. The summed E-state index contributed by atoms with van der Waals surface area (Å²) in [6, 6.07) is 18.3. The molecule has 0 saturated heterocycles. The van der Waals surface area contributed by atoms with E-state index in [4.69, 9.17) is 5.21 Å². The van der Waals surface area contributed by atoms with Crippen molar-refractivity contribution >= 4 is 32.9 Å². The lowest BCUT2D eigenvalue weighted by atomic mass is 10.1. The number of rotatable bonds is 3. The third-order valence-electron chi connectivity index (χ3n) is 3.45. The van der Waals surface area contributed by atoms with Crippen molar-refractivity contribution in [3.63, 3.8) is 0 Å². The average Bonchev–Trinajstić information content (AvgIpc) is 2.52. The van der Waals surface area contributed by atoms with Crippen LogP contribution >= 0.6 is 15.9 Å². The maximum Gasteiger partial charge on any atom is 0.227 e. The van der Waals surface area contributed by atoms with Crippen LogP contribution in [0.1, 0.15) is 11.3 Å². The van der Waals surface area contributed by atoms with Gasteiger partial charge in [0.05, 0.1) is 0 Å². The average molecular weight is 422 g/mol. The number of hydrogen-bond donors (Lipinski definition) is 1. The van der Waals surface area contributed by atoms with Gasteiger partial charge in [0.2, 0.25) is 5.69 Å². The van der Waals surface area contributed by atoms with Crippen LogP contribution in [0.15, 0.2) is 70.4 Å². The second-order valence-electron chi connectivity index (χ2n) is 4.76. The van der Waals surface area contributed by atoms with E-state index >= 15 is 0 Å². The number of halogens is 2. The molecule has 0 aliphatic rings. The zero-order valence-corrected chi connectivity index (χ0v) is 14.8. The Labute approximate surface area is 147 Å². The third-order valence-corrected chi connectivity index (χ3v) is 4.39. The number of fused-ring (bicyclic) bond motifs is 1. The lowest BCUT2D eigenvalue weighted by Gasteiger charge is -2.06. The van der Waals surface area contributed by atoms with Crippen molar-refractivity contribution in [3.05, 3.63) is 76.5 Å². The standard InChI is InChI=1S/C17H13BrN2O.BrH/c18-17-14(9-8-13-5-1-2-7-16(13)17)12-20-10-4-3-6-15(20)11-19-21;/h1-11H,12H2;1H. The van der Waals surface area contributed by atoms with Crippen LogP contribution in [0, 0.1) is 0 Å². The molecule has 3 aromatic rings. The number of oxime groups is 1. The Morgan fingerprint density at radius 1 is 1.05 bits per heavy atom. The number of hydrogen-bond acceptors (Lipinski definition) is 2. The van der Waals surface area contributed by atoms with E-state index in [9.17, 15) is 0 Å². The number of pyridine rings is 1. The second kappa shape index (κ2) is 7.51. The fraction of sp³-hybridized carbons (Fsp3) is 0.0588. The van der Waals surface area contributed by atoms with Gasteiger partial charge in [0, 0.05) is 22.2 Å². The highest BCUT2D eigenvalue weighted by Gasteiger charge is 2.12. The van der Waals surface area contributed by atoms with Crippen LogP contribution in [0.25, 0.3) is 10.8 Å². The molecule has 1 aromatic heterocycles. The van der Waals surface area contributed by atoms with E-state index in [0.29, 0.717) is 6.54 Å². The summed E-state index contributed by atoms with van der Waals surface area (Å²) in [5.74, 6) is 0. The van der Waals surface area contributed by atoms with E-state index in [-0.39, 0.29) is 17.0 Å². The predicted molar refractivity (Wildman–Crippen MR) is 86.8 cm³/mol. The van der Waals surface area contributed by atoms with Crippen LogP contribution in [0.3, 0.4) is 0 Å². The van der Waals surface area contributed by atoms with Crippen molar-refractivity contribution in [1.29, 1.82) is 0 Å². The summed E-state index contributed by atoms with van der Waals surface area (Å²) in [5, 5.41) is 14.3. The molecule has 0 saturated carbocycles. The van der Waals surface area contributed by atoms with Gasteiger partial charge in [0.15, 0.2) is 12.7 Å². The van der Waals surface area contributed by atoms with Gasteiger partial charge in [0.1, 0.15) is 6.21 Å². The molecule has 1 heterocycles.